The molecule has 1 unspecified atom stereocenters. The third-order valence-corrected chi connectivity index (χ3v) is 6.99. The molecule has 5 nitrogen and oxygen atoms in total. The minimum atomic E-state index is -0.325. The number of nitrogens with zero attached hydrogens (tertiary/aromatic N) is 2. The Bertz CT molecular complexity index is 1270. The van der Waals surface area contributed by atoms with Crippen LogP contribution in [0, 0.1) is 10.1 Å². The van der Waals surface area contributed by atoms with E-state index in [4.69, 9.17) is 0 Å². The molecule has 1 atom stereocenters. The Morgan fingerprint density at radius 2 is 1.94 bits per heavy atom. The van der Waals surface area contributed by atoms with Crippen LogP contribution >= 0.6 is 11.3 Å². The van der Waals surface area contributed by atoms with E-state index in [-0.39, 0.29) is 16.2 Å². The largest absolute Gasteiger partial charge is 0.388 e. The summed E-state index contributed by atoms with van der Waals surface area (Å²) in [6.45, 7) is 2.26. The number of hydrogen-bond donors (Lipinski definition) is 1. The van der Waals surface area contributed by atoms with Crippen molar-refractivity contribution in [3.8, 4) is 0 Å². The van der Waals surface area contributed by atoms with Crippen molar-refractivity contribution in [1.82, 2.24) is 4.57 Å². The van der Waals surface area contributed by atoms with Crippen molar-refractivity contribution in [1.29, 1.82) is 0 Å². The normalized spacial score (nSPS) is 13.5. The fourth-order valence-electron chi connectivity index (χ4n) is 4.52. The van der Waals surface area contributed by atoms with Gasteiger partial charge in [0.1, 0.15) is 5.69 Å². The third-order valence-electron chi connectivity index (χ3n) is 6.15. The number of thiophene rings is 1. The van der Waals surface area contributed by atoms with Crippen molar-refractivity contribution in [3.63, 3.8) is 0 Å². The lowest BCUT2D eigenvalue weighted by Gasteiger charge is -2.32. The lowest BCUT2D eigenvalue weighted by Crippen LogP contribution is -2.27. The molecule has 2 aromatic heterocycles. The summed E-state index contributed by atoms with van der Waals surface area (Å²) >= 11 is 1.71. The number of aromatic nitrogens is 1. The number of allylic oxidation sites excluding steroid dienone is 1. The first kappa shape index (κ1) is 21.8. The van der Waals surface area contributed by atoms with Crippen LogP contribution < -0.4 is 5.32 Å². The highest BCUT2D eigenvalue weighted by atomic mass is 32.1. The zero-order valence-corrected chi connectivity index (χ0v) is 19.4. The molecular formula is C26H27N3O2S. The summed E-state index contributed by atoms with van der Waals surface area (Å²) in [7, 11) is 3.72. The number of nitrogens with one attached hydrogen (secondary N) is 1. The maximum atomic E-state index is 11.4. The highest BCUT2D eigenvalue weighted by molar-refractivity contribution is 7.10. The molecule has 6 heteroatoms. The summed E-state index contributed by atoms with van der Waals surface area (Å²) in [5.41, 5.74) is 2.98. The van der Waals surface area contributed by atoms with Gasteiger partial charge in [-0.2, -0.15) is 0 Å². The van der Waals surface area contributed by atoms with Gasteiger partial charge in [0.15, 0.2) is 0 Å². The van der Waals surface area contributed by atoms with Crippen LogP contribution in [0.15, 0.2) is 72.1 Å². The minimum absolute atomic E-state index is 0.114. The third kappa shape index (κ3) is 4.18. The van der Waals surface area contributed by atoms with E-state index in [0.29, 0.717) is 6.42 Å². The molecule has 1 N–H and O–H groups in total. The average Bonchev–Trinajstić information content (AvgIpc) is 3.43. The average molecular weight is 446 g/mol. The maximum Gasteiger partial charge on any atom is 0.323 e. The molecular weight excluding hydrogens is 418 g/mol. The van der Waals surface area contributed by atoms with Crippen molar-refractivity contribution in [3.05, 3.63) is 98.4 Å². The Morgan fingerprint density at radius 1 is 1.12 bits per heavy atom. The van der Waals surface area contributed by atoms with Crippen LogP contribution in [0.3, 0.4) is 0 Å². The quantitative estimate of drug-likeness (QED) is 0.240. The van der Waals surface area contributed by atoms with Crippen LogP contribution in [0.25, 0.3) is 16.8 Å². The van der Waals surface area contributed by atoms with Crippen LogP contribution in [0.4, 0.5) is 11.5 Å². The summed E-state index contributed by atoms with van der Waals surface area (Å²) in [5.74, 6) is 0.114. The Balaban J connectivity index is 1.84. The van der Waals surface area contributed by atoms with Crippen LogP contribution in [0.2, 0.25) is 0 Å². The fourth-order valence-corrected chi connectivity index (χ4v) is 5.16. The summed E-state index contributed by atoms with van der Waals surface area (Å²) in [6.07, 6.45) is 5.87. The topological polar surface area (TPSA) is 60.1 Å². The Kier molecular flexibility index (Phi) is 6.15. The molecule has 0 amide bonds. The van der Waals surface area contributed by atoms with Gasteiger partial charge >= 0.3 is 5.82 Å². The molecule has 164 valence electrons. The number of hydrogen-bond acceptors (Lipinski definition) is 4. The number of rotatable bonds is 8. The van der Waals surface area contributed by atoms with Gasteiger partial charge in [-0.3, -0.25) is 0 Å². The van der Waals surface area contributed by atoms with Crippen LogP contribution in [-0.2, 0) is 18.9 Å². The maximum absolute atomic E-state index is 11.4. The lowest BCUT2D eigenvalue weighted by molar-refractivity contribution is -0.391. The molecule has 4 rings (SSSR count). The zero-order chi connectivity index (χ0) is 22.7. The number of benzene rings is 2. The highest BCUT2D eigenvalue weighted by Gasteiger charge is 2.33. The number of anilines is 1. The molecule has 2 heterocycles. The molecule has 4 aromatic rings. The van der Waals surface area contributed by atoms with Gasteiger partial charge in [0.25, 0.3) is 0 Å². The van der Waals surface area contributed by atoms with Crippen LogP contribution in [-0.4, -0.2) is 16.5 Å². The van der Waals surface area contributed by atoms with Gasteiger partial charge in [0.2, 0.25) is 0 Å². The second kappa shape index (κ2) is 9.01. The molecule has 0 spiro atoms. The summed E-state index contributed by atoms with van der Waals surface area (Å²) < 4.78 is 1.70. The van der Waals surface area contributed by atoms with Gasteiger partial charge in [0, 0.05) is 35.5 Å². The highest BCUT2D eigenvalue weighted by Crippen LogP contribution is 2.42. The number of fused-ring (bicyclic) bond motifs is 1. The second-order valence-electron chi connectivity index (χ2n) is 8.32. The van der Waals surface area contributed by atoms with E-state index in [0.717, 1.165) is 17.8 Å². The number of nitro groups is 1. The molecule has 32 heavy (non-hydrogen) atoms. The van der Waals surface area contributed by atoms with Crippen LogP contribution in [0.5, 0.6) is 0 Å². The first-order valence-electron chi connectivity index (χ1n) is 10.6. The monoisotopic (exact) mass is 445 g/mol. The second-order valence-corrected chi connectivity index (χ2v) is 9.30. The molecule has 0 bridgehead atoms. The van der Waals surface area contributed by atoms with Gasteiger partial charge in [-0.1, -0.05) is 49.4 Å². The van der Waals surface area contributed by atoms with E-state index in [1.807, 2.05) is 13.1 Å². The van der Waals surface area contributed by atoms with Crippen molar-refractivity contribution in [2.24, 2.45) is 7.05 Å². The summed E-state index contributed by atoms with van der Waals surface area (Å²) in [4.78, 5) is 12.3. The zero-order valence-electron chi connectivity index (χ0n) is 18.5. The molecule has 0 saturated heterocycles. The molecule has 0 fully saturated rings. The first-order chi connectivity index (χ1) is 15.4. The SMILES string of the molecule is CNc1ccc2ccccc2c1C(C)(C/C=C/c1cccs1)Cc1ccc([N+](=O)[O-])n1C. The molecule has 0 aliphatic rings. The molecule has 0 saturated carbocycles. The predicted molar refractivity (Wildman–Crippen MR) is 135 cm³/mol. The summed E-state index contributed by atoms with van der Waals surface area (Å²) in [6, 6.07) is 20.3. The molecule has 0 radical (unpaired) electrons. The molecule has 0 aliphatic carbocycles. The van der Waals surface area contributed by atoms with Crippen LogP contribution in [0.1, 0.15) is 29.5 Å². The predicted octanol–water partition coefficient (Wildman–Crippen LogP) is 6.79. The van der Waals surface area contributed by atoms with Gasteiger partial charge in [-0.15, -0.1) is 11.3 Å². The van der Waals surface area contributed by atoms with E-state index in [1.165, 1.54) is 21.2 Å². The Labute approximate surface area is 192 Å². The Hall–Kier alpha value is -3.38. The lowest BCUT2D eigenvalue weighted by atomic mass is 9.73. The van der Waals surface area contributed by atoms with Gasteiger partial charge in [-0.25, -0.2) is 4.57 Å². The minimum Gasteiger partial charge on any atom is -0.388 e. The van der Waals surface area contributed by atoms with Crippen molar-refractivity contribution in [2.75, 3.05) is 12.4 Å². The standard InChI is InChI=1S/C26H27N3O2S/c1-26(16-6-9-21-10-7-17-32-21,18-20-13-15-24(28(20)3)29(30)31)25-22-11-5-4-8-19(22)12-14-23(25)27-2/h4-15,17,27H,16,18H2,1-3H3/b9-6+. The van der Waals surface area contributed by atoms with E-state index >= 15 is 0 Å². The van der Waals surface area contributed by atoms with Gasteiger partial charge in [0.05, 0.1) is 7.05 Å². The Morgan fingerprint density at radius 3 is 2.62 bits per heavy atom. The van der Waals surface area contributed by atoms with Crippen molar-refractivity contribution in [2.45, 2.75) is 25.2 Å². The van der Waals surface area contributed by atoms with E-state index in [1.54, 1.807) is 29.0 Å². The van der Waals surface area contributed by atoms with E-state index in [2.05, 4.69) is 78.3 Å². The van der Waals surface area contributed by atoms with Gasteiger partial charge in [-0.05, 0) is 57.3 Å². The van der Waals surface area contributed by atoms with Gasteiger partial charge < -0.3 is 15.4 Å². The summed E-state index contributed by atoms with van der Waals surface area (Å²) in [5, 5.41) is 19.3. The van der Waals surface area contributed by atoms with E-state index in [9.17, 15) is 10.1 Å². The molecule has 0 aliphatic heterocycles. The van der Waals surface area contributed by atoms with Crippen molar-refractivity contribution >= 4 is 39.7 Å². The fraction of sp³-hybridized carbons (Fsp3) is 0.231. The van der Waals surface area contributed by atoms with Crippen molar-refractivity contribution < 1.29 is 4.92 Å². The van der Waals surface area contributed by atoms with E-state index < -0.39 is 0 Å². The first-order valence-corrected chi connectivity index (χ1v) is 11.5. The molecule has 2 aromatic carbocycles. The smallest absolute Gasteiger partial charge is 0.323 e.